The summed E-state index contributed by atoms with van der Waals surface area (Å²) in [5.74, 6) is 0. The maximum Gasteiger partial charge on any atom is 0.330 e. The summed E-state index contributed by atoms with van der Waals surface area (Å²) in [5, 5.41) is 20.9. The fourth-order valence-corrected chi connectivity index (χ4v) is 3.42. The standard InChI is InChI=1S/C13H16N2O7/c1-5-2-15(12(18)14-10(5)17)11-9-13(19)7(21-9)4-20-3-6(16)8(13)22-11/h2,6-9,11,16,19H,3-4H2,1H3,(H,14,17,18)/t6-,7+,8-,9-,11-,13-/m1/s1. The summed E-state index contributed by atoms with van der Waals surface area (Å²) >= 11 is 0. The molecule has 0 aromatic carbocycles. The number of hydrogen-bond donors (Lipinski definition) is 3. The largest absolute Gasteiger partial charge is 0.388 e. The Balaban J connectivity index is 1.76. The van der Waals surface area contributed by atoms with Gasteiger partial charge in [0.05, 0.1) is 13.2 Å². The summed E-state index contributed by atoms with van der Waals surface area (Å²) in [5.41, 5.74) is -2.21. The van der Waals surface area contributed by atoms with Crippen LogP contribution in [0.25, 0.3) is 0 Å². The quantitative estimate of drug-likeness (QED) is 0.529. The monoisotopic (exact) mass is 312 g/mol. The summed E-state index contributed by atoms with van der Waals surface area (Å²) in [4.78, 5) is 25.7. The molecule has 0 saturated carbocycles. The van der Waals surface area contributed by atoms with Gasteiger partial charge < -0.3 is 24.4 Å². The normalized spacial score (nSPS) is 43.3. The predicted molar refractivity (Wildman–Crippen MR) is 70.4 cm³/mol. The van der Waals surface area contributed by atoms with Crippen LogP contribution in [0, 0.1) is 6.92 Å². The molecule has 3 aliphatic heterocycles. The summed E-state index contributed by atoms with van der Waals surface area (Å²) < 4.78 is 17.7. The smallest absolute Gasteiger partial charge is 0.330 e. The molecule has 3 N–H and O–H groups in total. The van der Waals surface area contributed by atoms with E-state index in [1.807, 2.05) is 0 Å². The van der Waals surface area contributed by atoms with Crippen molar-refractivity contribution < 1.29 is 24.4 Å². The van der Waals surface area contributed by atoms with Crippen LogP contribution >= 0.6 is 0 Å². The molecule has 9 heteroatoms. The van der Waals surface area contributed by atoms with Gasteiger partial charge in [0.15, 0.2) is 11.8 Å². The van der Waals surface area contributed by atoms with Gasteiger partial charge in [-0.3, -0.25) is 14.3 Å². The lowest BCUT2D eigenvalue weighted by Gasteiger charge is -2.48. The third-order valence-electron chi connectivity index (χ3n) is 4.61. The second kappa shape index (κ2) is 4.49. The van der Waals surface area contributed by atoms with Crippen molar-refractivity contribution in [1.82, 2.24) is 9.55 Å². The highest BCUT2D eigenvalue weighted by Gasteiger charge is 2.71. The zero-order valence-corrected chi connectivity index (χ0v) is 11.8. The summed E-state index contributed by atoms with van der Waals surface area (Å²) in [6.07, 6.45) is -2.90. The maximum atomic E-state index is 12.0. The SMILES string of the molecule is Cc1cn([C@@H]2O[C@@H]3[C@H](O)COC[C@@H]4O[C@H]2[C@@]43O)c(=O)[nH]c1=O. The predicted octanol–water partition coefficient (Wildman–Crippen LogP) is -2.37. The molecule has 0 unspecified atom stereocenters. The third kappa shape index (κ3) is 1.65. The number of aromatic amines is 1. The molecule has 0 amide bonds. The number of aliphatic hydroxyl groups excluding tert-OH is 1. The Kier molecular flexibility index (Phi) is 2.88. The van der Waals surface area contributed by atoms with Gasteiger partial charge in [-0.05, 0) is 6.92 Å². The van der Waals surface area contributed by atoms with Crippen LogP contribution in [0.3, 0.4) is 0 Å². The number of aliphatic hydroxyl groups is 2. The highest BCUT2D eigenvalue weighted by molar-refractivity contribution is 5.18. The molecule has 6 atom stereocenters. The molecule has 0 radical (unpaired) electrons. The van der Waals surface area contributed by atoms with Crippen molar-refractivity contribution in [2.24, 2.45) is 0 Å². The van der Waals surface area contributed by atoms with Crippen molar-refractivity contribution in [2.45, 2.75) is 43.2 Å². The van der Waals surface area contributed by atoms with Crippen molar-refractivity contribution in [3.05, 3.63) is 32.6 Å². The first-order valence-corrected chi connectivity index (χ1v) is 7.04. The van der Waals surface area contributed by atoms with Crippen LogP contribution in [0.1, 0.15) is 11.8 Å². The van der Waals surface area contributed by atoms with Crippen molar-refractivity contribution in [1.29, 1.82) is 0 Å². The van der Waals surface area contributed by atoms with E-state index in [0.717, 1.165) is 0 Å². The first-order valence-electron chi connectivity index (χ1n) is 7.04. The minimum absolute atomic E-state index is 0.0197. The lowest BCUT2D eigenvalue weighted by atomic mass is 9.79. The van der Waals surface area contributed by atoms with E-state index in [1.165, 1.54) is 10.8 Å². The minimum Gasteiger partial charge on any atom is -0.388 e. The Hall–Kier alpha value is -1.52. The van der Waals surface area contributed by atoms with Gasteiger partial charge in [0, 0.05) is 11.8 Å². The molecule has 0 spiro atoms. The molecular weight excluding hydrogens is 296 g/mol. The van der Waals surface area contributed by atoms with Gasteiger partial charge in [-0.15, -0.1) is 0 Å². The Morgan fingerprint density at radius 3 is 2.86 bits per heavy atom. The first-order chi connectivity index (χ1) is 10.4. The summed E-state index contributed by atoms with van der Waals surface area (Å²) in [7, 11) is 0. The number of H-pyrrole nitrogens is 1. The van der Waals surface area contributed by atoms with Gasteiger partial charge in [0.2, 0.25) is 0 Å². The number of nitrogens with zero attached hydrogens (tertiary/aromatic N) is 1. The molecule has 1 aromatic heterocycles. The van der Waals surface area contributed by atoms with Gasteiger partial charge in [0.25, 0.3) is 5.56 Å². The van der Waals surface area contributed by atoms with Gasteiger partial charge >= 0.3 is 5.69 Å². The average molecular weight is 312 g/mol. The van der Waals surface area contributed by atoms with Crippen LogP contribution < -0.4 is 11.2 Å². The van der Waals surface area contributed by atoms with Crippen molar-refractivity contribution in [3.63, 3.8) is 0 Å². The number of rotatable bonds is 1. The van der Waals surface area contributed by atoms with Crippen LogP contribution in [-0.4, -0.2) is 63.0 Å². The third-order valence-corrected chi connectivity index (χ3v) is 4.61. The Labute approximate surface area is 124 Å². The highest BCUT2D eigenvalue weighted by Crippen LogP contribution is 2.51. The maximum absolute atomic E-state index is 12.0. The van der Waals surface area contributed by atoms with E-state index in [1.54, 1.807) is 6.92 Å². The Bertz CT molecular complexity index is 728. The van der Waals surface area contributed by atoms with Crippen LogP contribution in [0.2, 0.25) is 0 Å². The molecule has 3 saturated heterocycles. The van der Waals surface area contributed by atoms with Crippen LogP contribution in [0.5, 0.6) is 0 Å². The summed E-state index contributed by atoms with van der Waals surface area (Å²) in [6, 6.07) is 0. The number of hydrogen-bond acceptors (Lipinski definition) is 7. The summed E-state index contributed by atoms with van der Waals surface area (Å²) in [6.45, 7) is 1.73. The Morgan fingerprint density at radius 1 is 1.32 bits per heavy atom. The molecule has 1 aromatic rings. The minimum atomic E-state index is -1.41. The topological polar surface area (TPSA) is 123 Å². The van der Waals surface area contributed by atoms with E-state index < -0.39 is 47.5 Å². The second-order valence-electron chi connectivity index (χ2n) is 5.96. The molecule has 0 aliphatic carbocycles. The lowest BCUT2D eigenvalue weighted by Crippen LogP contribution is -2.70. The van der Waals surface area contributed by atoms with Crippen LogP contribution in [-0.2, 0) is 14.2 Å². The number of nitrogens with one attached hydrogen (secondary N) is 1. The van der Waals surface area contributed by atoms with E-state index in [0.29, 0.717) is 5.56 Å². The van der Waals surface area contributed by atoms with Gasteiger partial charge in [-0.2, -0.15) is 0 Å². The van der Waals surface area contributed by atoms with Crippen molar-refractivity contribution in [2.75, 3.05) is 13.2 Å². The zero-order chi connectivity index (χ0) is 15.6. The molecule has 9 nitrogen and oxygen atoms in total. The molecule has 3 aliphatic rings. The van der Waals surface area contributed by atoms with Gasteiger partial charge in [0.1, 0.15) is 24.4 Å². The highest BCUT2D eigenvalue weighted by atomic mass is 16.7. The van der Waals surface area contributed by atoms with Crippen LogP contribution in [0.15, 0.2) is 15.8 Å². The van der Waals surface area contributed by atoms with Gasteiger partial charge in [-0.1, -0.05) is 0 Å². The molecule has 3 fully saturated rings. The molecular formula is C13H16N2O7. The first kappa shape index (κ1) is 14.1. The molecule has 4 rings (SSSR count). The van der Waals surface area contributed by atoms with Crippen molar-refractivity contribution in [3.8, 4) is 0 Å². The van der Waals surface area contributed by atoms with E-state index in [9.17, 15) is 19.8 Å². The Morgan fingerprint density at radius 2 is 2.09 bits per heavy atom. The molecule has 22 heavy (non-hydrogen) atoms. The van der Waals surface area contributed by atoms with Gasteiger partial charge in [-0.25, -0.2) is 4.79 Å². The van der Waals surface area contributed by atoms with E-state index >= 15 is 0 Å². The number of aryl methyl sites for hydroxylation is 1. The average Bonchev–Trinajstić information content (AvgIpc) is 2.65. The second-order valence-corrected chi connectivity index (χ2v) is 5.96. The van der Waals surface area contributed by atoms with E-state index in [4.69, 9.17) is 14.2 Å². The lowest BCUT2D eigenvalue weighted by molar-refractivity contribution is -0.294. The fraction of sp³-hybridized carbons (Fsp3) is 0.692. The number of ether oxygens (including phenoxy) is 3. The van der Waals surface area contributed by atoms with Crippen LogP contribution in [0.4, 0.5) is 0 Å². The fourth-order valence-electron chi connectivity index (χ4n) is 3.42. The number of aromatic nitrogens is 2. The zero-order valence-electron chi connectivity index (χ0n) is 11.8. The molecule has 4 heterocycles. The molecule has 0 bridgehead atoms. The molecule has 120 valence electrons. The van der Waals surface area contributed by atoms with E-state index in [-0.39, 0.29) is 13.2 Å². The van der Waals surface area contributed by atoms with Crippen molar-refractivity contribution >= 4 is 0 Å². The van der Waals surface area contributed by atoms with E-state index in [2.05, 4.69) is 4.98 Å².